The normalized spacial score (nSPS) is 18.4. The molecule has 0 bridgehead atoms. The third-order valence-electron chi connectivity index (χ3n) is 4.67. The summed E-state index contributed by atoms with van der Waals surface area (Å²) in [5.41, 5.74) is 7.50. The molecule has 3 amide bonds. The van der Waals surface area contributed by atoms with Crippen LogP contribution in [0.5, 0.6) is 0 Å². The number of hydrogen-bond donors (Lipinski definition) is 1. The zero-order valence-corrected chi connectivity index (χ0v) is 14.5. The van der Waals surface area contributed by atoms with Gasteiger partial charge in [-0.1, -0.05) is 0 Å². The number of primary amides is 1. The smallest absolute Gasteiger partial charge is 0.224 e. The van der Waals surface area contributed by atoms with Gasteiger partial charge in [0.15, 0.2) is 0 Å². The van der Waals surface area contributed by atoms with E-state index in [2.05, 4.69) is 5.10 Å². The fraction of sp³-hybridized carbons (Fsp3) is 0.625. The second-order valence-electron chi connectivity index (χ2n) is 6.28. The lowest BCUT2D eigenvalue weighted by molar-refractivity contribution is -0.132. The molecule has 2 heterocycles. The molecule has 1 aliphatic rings. The van der Waals surface area contributed by atoms with Gasteiger partial charge >= 0.3 is 0 Å². The molecule has 1 aromatic rings. The number of nitrogens with two attached hydrogens (primary N) is 1. The molecule has 132 valence electrons. The van der Waals surface area contributed by atoms with E-state index in [9.17, 15) is 14.4 Å². The quantitative estimate of drug-likeness (QED) is 0.798. The maximum absolute atomic E-state index is 12.5. The molecule has 1 unspecified atom stereocenters. The number of amides is 3. The average molecular weight is 335 g/mol. The van der Waals surface area contributed by atoms with Crippen molar-refractivity contribution in [1.82, 2.24) is 19.6 Å². The molecule has 0 saturated carbocycles. The minimum atomic E-state index is -0.527. The van der Waals surface area contributed by atoms with Gasteiger partial charge in [-0.2, -0.15) is 5.10 Å². The first kappa shape index (κ1) is 18.0. The Morgan fingerprint density at radius 3 is 2.42 bits per heavy atom. The molecule has 0 aromatic carbocycles. The second kappa shape index (κ2) is 7.46. The Kier molecular flexibility index (Phi) is 5.58. The Morgan fingerprint density at radius 1 is 1.25 bits per heavy atom. The maximum atomic E-state index is 12.5. The van der Waals surface area contributed by atoms with Crippen LogP contribution in [0, 0.1) is 12.8 Å². The molecular weight excluding hydrogens is 310 g/mol. The fourth-order valence-corrected chi connectivity index (χ4v) is 2.90. The summed E-state index contributed by atoms with van der Waals surface area (Å²) in [5, 5.41) is 4.17. The third kappa shape index (κ3) is 4.12. The fourth-order valence-electron chi connectivity index (χ4n) is 2.90. The van der Waals surface area contributed by atoms with Crippen LogP contribution in [-0.4, -0.2) is 63.5 Å². The molecule has 1 aromatic heterocycles. The molecule has 1 atom stereocenters. The third-order valence-corrected chi connectivity index (χ3v) is 4.67. The first-order valence-corrected chi connectivity index (χ1v) is 8.09. The van der Waals surface area contributed by atoms with Crippen molar-refractivity contribution in [3.8, 4) is 0 Å². The van der Waals surface area contributed by atoms with E-state index in [-0.39, 0.29) is 24.9 Å². The Balaban J connectivity index is 2.01. The van der Waals surface area contributed by atoms with Gasteiger partial charge in [-0.3, -0.25) is 19.1 Å². The van der Waals surface area contributed by atoms with E-state index in [1.54, 1.807) is 20.7 Å². The molecule has 1 fully saturated rings. The Hall–Kier alpha value is -2.38. The number of carbonyl (C=O) groups is 3. The highest BCUT2D eigenvalue weighted by molar-refractivity contribution is 5.81. The van der Waals surface area contributed by atoms with Crippen LogP contribution in [0.2, 0.25) is 0 Å². The predicted molar refractivity (Wildman–Crippen MR) is 87.8 cm³/mol. The number of carbonyl (C=O) groups excluding carboxylic acids is 3. The predicted octanol–water partition coefficient (Wildman–Crippen LogP) is -0.547. The highest BCUT2D eigenvalue weighted by atomic mass is 16.2. The molecular formula is C16H25N5O3. The summed E-state index contributed by atoms with van der Waals surface area (Å²) >= 11 is 0. The van der Waals surface area contributed by atoms with E-state index in [4.69, 9.17) is 5.73 Å². The van der Waals surface area contributed by atoms with Gasteiger partial charge in [-0.05, 0) is 18.9 Å². The lowest BCUT2D eigenvalue weighted by atomic mass is 10.1. The highest BCUT2D eigenvalue weighted by Gasteiger charge is 2.29. The van der Waals surface area contributed by atoms with Gasteiger partial charge in [-0.25, -0.2) is 0 Å². The van der Waals surface area contributed by atoms with E-state index in [0.717, 1.165) is 11.3 Å². The number of aromatic nitrogens is 2. The van der Waals surface area contributed by atoms with Crippen LogP contribution < -0.4 is 5.73 Å². The molecule has 2 rings (SSSR count). The average Bonchev–Trinajstić information content (AvgIpc) is 2.75. The van der Waals surface area contributed by atoms with E-state index >= 15 is 0 Å². The summed E-state index contributed by atoms with van der Waals surface area (Å²) in [6, 6.07) is 0. The summed E-state index contributed by atoms with van der Waals surface area (Å²) in [7, 11) is 1.86. The second-order valence-corrected chi connectivity index (χ2v) is 6.28. The summed E-state index contributed by atoms with van der Waals surface area (Å²) in [5.74, 6) is -1.15. The highest BCUT2D eigenvalue weighted by Crippen LogP contribution is 2.14. The minimum Gasteiger partial charge on any atom is -0.369 e. The minimum absolute atomic E-state index is 0.0325. The van der Waals surface area contributed by atoms with E-state index in [1.807, 2.05) is 14.0 Å². The van der Waals surface area contributed by atoms with E-state index in [0.29, 0.717) is 25.9 Å². The lowest BCUT2D eigenvalue weighted by Gasteiger charge is -2.22. The van der Waals surface area contributed by atoms with Crippen molar-refractivity contribution in [3.63, 3.8) is 0 Å². The standard InChI is InChI=1S/C16H25N5O3/c1-11-13(8-18-19(11)3)4-5-15(23)21-7-6-20(12(2)22)9-14(10-21)16(17)24/h8,14H,4-7,9-10H2,1-3H3,(H2,17,24). The number of rotatable bonds is 4. The molecule has 8 heteroatoms. The molecule has 1 saturated heterocycles. The van der Waals surface area contributed by atoms with Gasteiger partial charge in [0.25, 0.3) is 0 Å². The van der Waals surface area contributed by atoms with Crippen molar-refractivity contribution >= 4 is 17.7 Å². The van der Waals surface area contributed by atoms with Crippen LogP contribution in [0.15, 0.2) is 6.20 Å². The molecule has 0 spiro atoms. The molecule has 2 N–H and O–H groups in total. The Bertz CT molecular complexity index is 640. The van der Waals surface area contributed by atoms with Gasteiger partial charge < -0.3 is 15.5 Å². The number of hydrogen-bond acceptors (Lipinski definition) is 4. The summed E-state index contributed by atoms with van der Waals surface area (Å²) in [4.78, 5) is 39.0. The molecule has 0 aliphatic carbocycles. The van der Waals surface area contributed by atoms with Crippen LogP contribution in [0.25, 0.3) is 0 Å². The lowest BCUT2D eigenvalue weighted by Crippen LogP contribution is -2.40. The van der Waals surface area contributed by atoms with Gasteiger partial charge in [-0.15, -0.1) is 0 Å². The first-order chi connectivity index (χ1) is 11.3. The maximum Gasteiger partial charge on any atom is 0.224 e. The first-order valence-electron chi connectivity index (χ1n) is 8.09. The van der Waals surface area contributed by atoms with Crippen LogP contribution in [0.3, 0.4) is 0 Å². The van der Waals surface area contributed by atoms with Crippen molar-refractivity contribution in [3.05, 3.63) is 17.5 Å². The van der Waals surface area contributed by atoms with Gasteiger partial charge in [0.2, 0.25) is 17.7 Å². The van der Waals surface area contributed by atoms with Crippen molar-refractivity contribution < 1.29 is 14.4 Å². The van der Waals surface area contributed by atoms with Gasteiger partial charge in [0, 0.05) is 52.3 Å². The summed E-state index contributed by atoms with van der Waals surface area (Å²) in [6.45, 7) is 4.82. The van der Waals surface area contributed by atoms with Crippen molar-refractivity contribution in [2.75, 3.05) is 26.2 Å². The van der Waals surface area contributed by atoms with Crippen LogP contribution in [-0.2, 0) is 27.9 Å². The van der Waals surface area contributed by atoms with E-state index < -0.39 is 11.8 Å². The molecule has 8 nitrogen and oxygen atoms in total. The van der Waals surface area contributed by atoms with Crippen LogP contribution in [0.4, 0.5) is 0 Å². The van der Waals surface area contributed by atoms with Gasteiger partial charge in [0.05, 0.1) is 12.1 Å². The molecule has 24 heavy (non-hydrogen) atoms. The van der Waals surface area contributed by atoms with Crippen molar-refractivity contribution in [2.45, 2.75) is 26.7 Å². The van der Waals surface area contributed by atoms with E-state index in [1.165, 1.54) is 6.92 Å². The van der Waals surface area contributed by atoms with Gasteiger partial charge in [0.1, 0.15) is 0 Å². The Labute approximate surface area is 141 Å². The molecule has 1 aliphatic heterocycles. The Morgan fingerprint density at radius 2 is 1.88 bits per heavy atom. The number of aryl methyl sites for hydroxylation is 2. The SMILES string of the molecule is CC(=O)N1CCN(C(=O)CCc2cnn(C)c2C)CC(C(N)=O)C1. The van der Waals surface area contributed by atoms with Crippen molar-refractivity contribution in [1.29, 1.82) is 0 Å². The molecule has 0 radical (unpaired) electrons. The van der Waals surface area contributed by atoms with Crippen LogP contribution in [0.1, 0.15) is 24.6 Å². The van der Waals surface area contributed by atoms with Crippen molar-refractivity contribution in [2.24, 2.45) is 18.7 Å². The monoisotopic (exact) mass is 335 g/mol. The van der Waals surface area contributed by atoms with Crippen LogP contribution >= 0.6 is 0 Å². The topological polar surface area (TPSA) is 102 Å². The zero-order chi connectivity index (χ0) is 17.9. The number of nitrogens with zero attached hydrogens (tertiary/aromatic N) is 4. The summed E-state index contributed by atoms with van der Waals surface area (Å²) < 4.78 is 1.78. The largest absolute Gasteiger partial charge is 0.369 e. The zero-order valence-electron chi connectivity index (χ0n) is 14.5. The summed E-state index contributed by atoms with van der Waals surface area (Å²) in [6.07, 6.45) is 2.72.